The summed E-state index contributed by atoms with van der Waals surface area (Å²) in [5.41, 5.74) is 1.67. The Kier molecular flexibility index (Phi) is 5.11. The Hall–Kier alpha value is -3.12. The summed E-state index contributed by atoms with van der Waals surface area (Å²) in [5.74, 6) is -1.24. The highest BCUT2D eigenvalue weighted by molar-refractivity contribution is 8.18. The SMILES string of the molecule is O=C1NC(=Nc2cccc(C(=O)O)c2)S/C1=C\C=C\c1ccccc1. The van der Waals surface area contributed by atoms with Crippen molar-refractivity contribution in [2.75, 3.05) is 0 Å². The number of hydrogen-bond acceptors (Lipinski definition) is 4. The van der Waals surface area contributed by atoms with Crippen molar-refractivity contribution in [3.05, 3.63) is 82.8 Å². The summed E-state index contributed by atoms with van der Waals surface area (Å²) in [6, 6.07) is 16.0. The summed E-state index contributed by atoms with van der Waals surface area (Å²) in [4.78, 5) is 27.8. The zero-order chi connectivity index (χ0) is 17.6. The molecule has 1 amide bonds. The molecule has 1 aliphatic rings. The van der Waals surface area contributed by atoms with Crippen molar-refractivity contribution in [1.29, 1.82) is 0 Å². The number of rotatable bonds is 4. The van der Waals surface area contributed by atoms with Crippen LogP contribution in [0.5, 0.6) is 0 Å². The number of nitrogens with zero attached hydrogens (tertiary/aromatic N) is 1. The van der Waals surface area contributed by atoms with Crippen molar-refractivity contribution >= 4 is 40.6 Å². The topological polar surface area (TPSA) is 78.8 Å². The smallest absolute Gasteiger partial charge is 0.335 e. The lowest BCUT2D eigenvalue weighted by atomic mass is 10.2. The van der Waals surface area contributed by atoms with Crippen LogP contribution >= 0.6 is 11.8 Å². The molecule has 1 heterocycles. The van der Waals surface area contributed by atoms with E-state index in [1.807, 2.05) is 42.5 Å². The molecular weight excluding hydrogens is 336 g/mol. The third-order valence-electron chi connectivity index (χ3n) is 3.31. The van der Waals surface area contributed by atoms with E-state index in [0.717, 1.165) is 5.56 Å². The van der Waals surface area contributed by atoms with Crippen LogP contribution in [0.2, 0.25) is 0 Å². The van der Waals surface area contributed by atoms with Gasteiger partial charge < -0.3 is 10.4 Å². The Morgan fingerprint density at radius 3 is 2.68 bits per heavy atom. The summed E-state index contributed by atoms with van der Waals surface area (Å²) >= 11 is 1.21. The molecule has 1 aliphatic heterocycles. The van der Waals surface area contributed by atoms with Gasteiger partial charge >= 0.3 is 5.97 Å². The molecule has 2 aromatic carbocycles. The maximum atomic E-state index is 12.0. The average molecular weight is 350 g/mol. The first-order valence-electron chi connectivity index (χ1n) is 7.46. The molecule has 1 saturated heterocycles. The predicted molar refractivity (Wildman–Crippen MR) is 99.8 cm³/mol. The normalized spacial score (nSPS) is 17.4. The highest BCUT2D eigenvalue weighted by Crippen LogP contribution is 2.26. The van der Waals surface area contributed by atoms with Crippen LogP contribution in [-0.4, -0.2) is 22.2 Å². The second-order valence-corrected chi connectivity index (χ2v) is 6.16. The maximum absolute atomic E-state index is 12.0. The Balaban J connectivity index is 1.74. The quantitative estimate of drug-likeness (QED) is 0.822. The minimum absolute atomic E-state index is 0.151. The molecule has 3 rings (SSSR count). The van der Waals surface area contributed by atoms with Gasteiger partial charge in [0.1, 0.15) is 0 Å². The van der Waals surface area contributed by atoms with E-state index in [1.54, 1.807) is 18.2 Å². The first-order chi connectivity index (χ1) is 12.1. The Morgan fingerprint density at radius 2 is 1.92 bits per heavy atom. The second kappa shape index (κ2) is 7.63. The standard InChI is InChI=1S/C19H14N2O3S/c22-17-16(11-4-8-13-6-2-1-3-7-13)25-19(21-17)20-15-10-5-9-14(12-15)18(23)24/h1-12H,(H,23,24)(H,20,21,22)/b8-4+,16-11-. The lowest BCUT2D eigenvalue weighted by molar-refractivity contribution is -0.115. The molecule has 0 spiro atoms. The zero-order valence-electron chi connectivity index (χ0n) is 13.0. The van der Waals surface area contributed by atoms with Gasteiger partial charge in [-0.05, 0) is 41.6 Å². The van der Waals surface area contributed by atoms with E-state index < -0.39 is 5.97 Å². The summed E-state index contributed by atoms with van der Waals surface area (Å²) in [6.07, 6.45) is 5.45. The number of carboxylic acid groups (broad SMARTS) is 1. The Labute approximate surface area is 148 Å². The third-order valence-corrected chi connectivity index (χ3v) is 4.24. The Morgan fingerprint density at radius 1 is 1.12 bits per heavy atom. The number of carbonyl (C=O) groups is 2. The summed E-state index contributed by atoms with van der Waals surface area (Å²) in [7, 11) is 0. The van der Waals surface area contributed by atoms with Crippen molar-refractivity contribution in [1.82, 2.24) is 5.32 Å². The van der Waals surface area contributed by atoms with Gasteiger partial charge in [-0.3, -0.25) is 4.79 Å². The molecule has 6 heteroatoms. The number of aromatic carboxylic acids is 1. The molecule has 2 aromatic rings. The van der Waals surface area contributed by atoms with Crippen LogP contribution in [0.4, 0.5) is 5.69 Å². The molecule has 25 heavy (non-hydrogen) atoms. The first kappa shape index (κ1) is 16.7. The summed E-state index contributed by atoms with van der Waals surface area (Å²) in [5, 5.41) is 12.1. The van der Waals surface area contributed by atoms with Crippen molar-refractivity contribution in [2.45, 2.75) is 0 Å². The summed E-state index contributed by atoms with van der Waals surface area (Å²) < 4.78 is 0. The number of carboxylic acids is 1. The van der Waals surface area contributed by atoms with Crippen molar-refractivity contribution < 1.29 is 14.7 Å². The van der Waals surface area contributed by atoms with Gasteiger partial charge in [-0.2, -0.15) is 0 Å². The molecule has 0 atom stereocenters. The molecule has 0 bridgehead atoms. The molecule has 124 valence electrons. The third kappa shape index (κ3) is 4.45. The zero-order valence-corrected chi connectivity index (χ0v) is 13.9. The van der Waals surface area contributed by atoms with Gasteiger partial charge in [0, 0.05) is 0 Å². The first-order valence-corrected chi connectivity index (χ1v) is 8.28. The number of carbonyl (C=O) groups excluding carboxylic acids is 1. The van der Waals surface area contributed by atoms with E-state index in [2.05, 4.69) is 10.3 Å². The molecule has 0 radical (unpaired) electrons. The average Bonchev–Trinajstić information content (AvgIpc) is 2.95. The van der Waals surface area contributed by atoms with Gasteiger partial charge in [0.2, 0.25) is 0 Å². The highest BCUT2D eigenvalue weighted by Gasteiger charge is 2.23. The molecule has 0 saturated carbocycles. The lowest BCUT2D eigenvalue weighted by Crippen LogP contribution is -2.19. The number of benzene rings is 2. The lowest BCUT2D eigenvalue weighted by Gasteiger charge is -1.98. The van der Waals surface area contributed by atoms with Crippen molar-refractivity contribution in [2.24, 2.45) is 4.99 Å². The van der Waals surface area contributed by atoms with Crippen LogP contribution in [0.25, 0.3) is 6.08 Å². The van der Waals surface area contributed by atoms with Crippen LogP contribution < -0.4 is 5.32 Å². The molecule has 2 N–H and O–H groups in total. The van der Waals surface area contributed by atoms with Gasteiger partial charge in [-0.15, -0.1) is 0 Å². The van der Waals surface area contributed by atoms with Gasteiger partial charge in [0.15, 0.2) is 5.17 Å². The highest BCUT2D eigenvalue weighted by atomic mass is 32.2. The fraction of sp³-hybridized carbons (Fsp3) is 0. The number of amides is 1. The number of hydrogen-bond donors (Lipinski definition) is 2. The molecular formula is C19H14N2O3S. The van der Waals surface area contributed by atoms with Crippen LogP contribution in [0, 0.1) is 0 Å². The minimum atomic E-state index is -1.02. The predicted octanol–water partition coefficient (Wildman–Crippen LogP) is 3.83. The fourth-order valence-electron chi connectivity index (χ4n) is 2.13. The molecule has 1 fully saturated rings. The van der Waals surface area contributed by atoms with Gasteiger partial charge in [-0.25, -0.2) is 9.79 Å². The van der Waals surface area contributed by atoms with Crippen molar-refractivity contribution in [3.8, 4) is 0 Å². The van der Waals surface area contributed by atoms with Gasteiger partial charge in [-0.1, -0.05) is 48.6 Å². The number of nitrogens with one attached hydrogen (secondary N) is 1. The fourth-order valence-corrected chi connectivity index (χ4v) is 2.93. The van der Waals surface area contributed by atoms with E-state index in [1.165, 1.54) is 23.9 Å². The number of allylic oxidation sites excluding steroid dienone is 2. The van der Waals surface area contributed by atoms with Crippen molar-refractivity contribution in [3.63, 3.8) is 0 Å². The second-order valence-electron chi connectivity index (χ2n) is 5.13. The molecule has 0 unspecified atom stereocenters. The number of amidine groups is 1. The van der Waals surface area contributed by atoms with Gasteiger partial charge in [0.25, 0.3) is 5.91 Å². The number of thioether (sulfide) groups is 1. The van der Waals surface area contributed by atoms with E-state index in [4.69, 9.17) is 5.11 Å². The largest absolute Gasteiger partial charge is 0.478 e. The molecule has 5 nitrogen and oxygen atoms in total. The van der Waals surface area contributed by atoms with Crippen LogP contribution in [0.15, 0.2) is 76.6 Å². The number of aliphatic imine (C=N–C) groups is 1. The van der Waals surface area contributed by atoms with E-state index in [9.17, 15) is 9.59 Å². The van der Waals surface area contributed by atoms with Crippen LogP contribution in [-0.2, 0) is 4.79 Å². The van der Waals surface area contributed by atoms with Crippen LogP contribution in [0.3, 0.4) is 0 Å². The minimum Gasteiger partial charge on any atom is -0.478 e. The van der Waals surface area contributed by atoms with E-state index in [0.29, 0.717) is 15.8 Å². The van der Waals surface area contributed by atoms with Crippen LogP contribution in [0.1, 0.15) is 15.9 Å². The molecule has 0 aromatic heterocycles. The Bertz CT molecular complexity index is 902. The van der Waals surface area contributed by atoms with E-state index in [-0.39, 0.29) is 11.5 Å². The summed E-state index contributed by atoms with van der Waals surface area (Å²) in [6.45, 7) is 0. The maximum Gasteiger partial charge on any atom is 0.335 e. The van der Waals surface area contributed by atoms with Gasteiger partial charge in [0.05, 0.1) is 16.2 Å². The monoisotopic (exact) mass is 350 g/mol. The molecule has 0 aliphatic carbocycles. The van der Waals surface area contributed by atoms with E-state index >= 15 is 0 Å².